The number of nitrogens with zero attached hydrogens (tertiary/aromatic N) is 1. The molecule has 1 heteroatoms. The fraction of sp³-hybridized carbons (Fsp3) is 0.960. The number of fused-ring (bicyclic) bond motifs is 3. The summed E-state index contributed by atoms with van der Waals surface area (Å²) >= 11 is 0. The second kappa shape index (κ2) is 10.7. The Kier molecular flexibility index (Phi) is 8.35. The average Bonchev–Trinajstić information content (AvgIpc) is 2.69. The molecule has 148 valence electrons. The minimum atomic E-state index is 0.381. The molecule has 0 N–H and O–H groups in total. The predicted molar refractivity (Wildman–Crippen MR) is 111 cm³/mol. The third-order valence-electron chi connectivity index (χ3n) is 8.30. The second-order valence-corrected chi connectivity index (χ2v) is 10.0. The summed E-state index contributed by atoms with van der Waals surface area (Å²) in [5.74, 6) is 5.39. The van der Waals surface area contributed by atoms with E-state index in [2.05, 4.69) is 13.0 Å². The molecule has 0 amide bonds. The molecular formula is C25H43N. The molecule has 3 saturated carbocycles. The first-order chi connectivity index (χ1) is 12.8. The molecule has 0 aromatic rings. The number of hydrogen-bond donors (Lipinski definition) is 0. The third kappa shape index (κ3) is 5.50. The van der Waals surface area contributed by atoms with Crippen LogP contribution in [0.1, 0.15) is 116 Å². The van der Waals surface area contributed by atoms with E-state index in [4.69, 9.17) is 0 Å². The molecule has 4 unspecified atom stereocenters. The smallest absolute Gasteiger partial charge is 0.0655 e. The van der Waals surface area contributed by atoms with Gasteiger partial charge in [-0.15, -0.1) is 0 Å². The molecule has 3 aliphatic rings. The highest BCUT2D eigenvalue weighted by Crippen LogP contribution is 2.53. The Morgan fingerprint density at radius 3 is 2.00 bits per heavy atom. The summed E-state index contributed by atoms with van der Waals surface area (Å²) in [5.41, 5.74) is 0. The van der Waals surface area contributed by atoms with Crippen molar-refractivity contribution in [2.75, 3.05) is 0 Å². The molecule has 1 nitrogen and oxygen atoms in total. The van der Waals surface area contributed by atoms with Gasteiger partial charge in [-0.05, 0) is 74.5 Å². The molecular weight excluding hydrogens is 314 g/mol. The quantitative estimate of drug-likeness (QED) is 0.385. The van der Waals surface area contributed by atoms with Crippen LogP contribution >= 0.6 is 0 Å². The van der Waals surface area contributed by atoms with Gasteiger partial charge in [0.1, 0.15) is 0 Å². The second-order valence-electron chi connectivity index (χ2n) is 10.0. The van der Waals surface area contributed by atoms with Gasteiger partial charge in [-0.3, -0.25) is 0 Å². The van der Waals surface area contributed by atoms with E-state index in [-0.39, 0.29) is 0 Å². The van der Waals surface area contributed by atoms with Crippen molar-refractivity contribution >= 4 is 0 Å². The molecule has 26 heavy (non-hydrogen) atoms. The van der Waals surface area contributed by atoms with Gasteiger partial charge < -0.3 is 0 Å². The van der Waals surface area contributed by atoms with Gasteiger partial charge in [0.05, 0.1) is 6.07 Å². The van der Waals surface area contributed by atoms with E-state index in [1.165, 1.54) is 103 Å². The van der Waals surface area contributed by atoms with Gasteiger partial charge in [-0.25, -0.2) is 0 Å². The van der Waals surface area contributed by atoms with E-state index >= 15 is 0 Å². The van der Waals surface area contributed by atoms with E-state index in [1.54, 1.807) is 6.42 Å². The Morgan fingerprint density at radius 2 is 1.31 bits per heavy atom. The lowest BCUT2D eigenvalue weighted by molar-refractivity contribution is 0.00278. The molecule has 3 rings (SSSR count). The predicted octanol–water partition coefficient (Wildman–Crippen LogP) is 7.90. The van der Waals surface area contributed by atoms with Crippen LogP contribution in [0.5, 0.6) is 0 Å². The Balaban J connectivity index is 1.32. The van der Waals surface area contributed by atoms with Crippen LogP contribution < -0.4 is 0 Å². The molecule has 0 aromatic carbocycles. The maximum atomic E-state index is 9.27. The summed E-state index contributed by atoms with van der Waals surface area (Å²) in [6, 6.07) is 2.56. The van der Waals surface area contributed by atoms with Gasteiger partial charge >= 0.3 is 0 Å². The highest BCUT2D eigenvalue weighted by molar-refractivity contribution is 4.98. The zero-order valence-corrected chi connectivity index (χ0v) is 17.4. The van der Waals surface area contributed by atoms with Gasteiger partial charge in [0.25, 0.3) is 0 Å². The van der Waals surface area contributed by atoms with Gasteiger partial charge in [0.2, 0.25) is 0 Å². The number of rotatable bonds is 9. The topological polar surface area (TPSA) is 23.8 Å². The van der Waals surface area contributed by atoms with E-state index in [0.29, 0.717) is 5.92 Å². The summed E-state index contributed by atoms with van der Waals surface area (Å²) in [6.45, 7) is 2.30. The molecule has 6 atom stereocenters. The van der Waals surface area contributed by atoms with Crippen molar-refractivity contribution in [3.05, 3.63) is 0 Å². The van der Waals surface area contributed by atoms with Crippen molar-refractivity contribution in [1.29, 1.82) is 5.26 Å². The summed E-state index contributed by atoms with van der Waals surface area (Å²) < 4.78 is 0. The van der Waals surface area contributed by atoms with Crippen LogP contribution in [0.2, 0.25) is 0 Å². The summed E-state index contributed by atoms with van der Waals surface area (Å²) in [5, 5.41) is 9.27. The van der Waals surface area contributed by atoms with Crippen LogP contribution in [0.25, 0.3) is 0 Å². The average molecular weight is 358 g/mol. The van der Waals surface area contributed by atoms with Crippen molar-refractivity contribution in [2.24, 2.45) is 35.5 Å². The van der Waals surface area contributed by atoms with Crippen LogP contribution in [-0.2, 0) is 0 Å². The normalized spacial score (nSPS) is 36.8. The highest BCUT2D eigenvalue weighted by atomic mass is 14.5. The summed E-state index contributed by atoms with van der Waals surface area (Å²) in [6.07, 6.45) is 24.5. The van der Waals surface area contributed by atoms with E-state index in [1.807, 2.05) is 0 Å². The Hall–Kier alpha value is -0.510. The van der Waals surface area contributed by atoms with Crippen molar-refractivity contribution in [1.82, 2.24) is 0 Å². The summed E-state index contributed by atoms with van der Waals surface area (Å²) in [4.78, 5) is 0. The summed E-state index contributed by atoms with van der Waals surface area (Å²) in [7, 11) is 0. The Bertz CT molecular complexity index is 436. The highest BCUT2D eigenvalue weighted by Gasteiger charge is 2.44. The lowest BCUT2D eigenvalue weighted by Gasteiger charge is -2.50. The van der Waals surface area contributed by atoms with E-state index < -0.39 is 0 Å². The van der Waals surface area contributed by atoms with Crippen LogP contribution in [0.15, 0.2) is 0 Å². The van der Waals surface area contributed by atoms with Crippen LogP contribution in [0.3, 0.4) is 0 Å². The monoisotopic (exact) mass is 357 g/mol. The van der Waals surface area contributed by atoms with Crippen molar-refractivity contribution in [2.45, 2.75) is 116 Å². The van der Waals surface area contributed by atoms with Crippen molar-refractivity contribution in [3.8, 4) is 6.07 Å². The SMILES string of the molecule is CCCCCCCCCC[C@@H]1CCC2C(CCC3C[C@H](C#N)CCC32)C1. The molecule has 0 heterocycles. The number of hydrogen-bond acceptors (Lipinski definition) is 1. The maximum Gasteiger partial charge on any atom is 0.0655 e. The molecule has 3 fully saturated rings. The molecule has 0 bridgehead atoms. The van der Waals surface area contributed by atoms with E-state index in [9.17, 15) is 5.26 Å². The molecule has 3 aliphatic carbocycles. The number of nitriles is 1. The first-order valence-corrected chi connectivity index (χ1v) is 12.2. The minimum absolute atomic E-state index is 0.381. The van der Waals surface area contributed by atoms with Crippen LogP contribution in [-0.4, -0.2) is 0 Å². The van der Waals surface area contributed by atoms with Crippen molar-refractivity contribution in [3.63, 3.8) is 0 Å². The fourth-order valence-electron chi connectivity index (χ4n) is 6.84. The molecule has 0 radical (unpaired) electrons. The largest absolute Gasteiger partial charge is 0.198 e. The number of unbranched alkanes of at least 4 members (excludes halogenated alkanes) is 7. The molecule has 0 aliphatic heterocycles. The third-order valence-corrected chi connectivity index (χ3v) is 8.30. The molecule has 0 saturated heterocycles. The van der Waals surface area contributed by atoms with Gasteiger partial charge in [0.15, 0.2) is 0 Å². The molecule has 0 spiro atoms. The van der Waals surface area contributed by atoms with Gasteiger partial charge in [0, 0.05) is 5.92 Å². The van der Waals surface area contributed by atoms with E-state index in [0.717, 1.165) is 29.6 Å². The van der Waals surface area contributed by atoms with Crippen LogP contribution in [0.4, 0.5) is 0 Å². The van der Waals surface area contributed by atoms with Gasteiger partial charge in [-0.2, -0.15) is 5.26 Å². The zero-order chi connectivity index (χ0) is 18.2. The molecule has 0 aromatic heterocycles. The first kappa shape index (κ1) is 20.2. The zero-order valence-electron chi connectivity index (χ0n) is 17.4. The maximum absolute atomic E-state index is 9.27. The lowest BCUT2D eigenvalue weighted by atomic mass is 9.55. The van der Waals surface area contributed by atoms with Gasteiger partial charge in [-0.1, -0.05) is 71.1 Å². The lowest BCUT2D eigenvalue weighted by Crippen LogP contribution is -2.41. The van der Waals surface area contributed by atoms with Crippen LogP contribution in [0, 0.1) is 46.8 Å². The standard InChI is InChI=1S/C25H43N/c1-2-3-4-5-6-7-8-9-10-20-11-15-24-22(17-20)13-14-23-18-21(19-26)12-16-25(23)24/h20-25H,2-18H2,1H3/t20-,21-,22?,23?,24?,25?/m1/s1. The first-order valence-electron chi connectivity index (χ1n) is 12.2. The Labute approximate surface area is 163 Å². The van der Waals surface area contributed by atoms with Crippen molar-refractivity contribution < 1.29 is 0 Å². The fourth-order valence-corrected chi connectivity index (χ4v) is 6.84. The minimum Gasteiger partial charge on any atom is -0.198 e. The Morgan fingerprint density at radius 1 is 0.692 bits per heavy atom.